The summed E-state index contributed by atoms with van der Waals surface area (Å²) in [5, 5.41) is 1.12. The average molecular weight is 439 g/mol. The van der Waals surface area contributed by atoms with E-state index in [4.69, 9.17) is 0 Å². The zero-order chi connectivity index (χ0) is 21.3. The molecule has 5 nitrogen and oxygen atoms in total. The van der Waals surface area contributed by atoms with Crippen molar-refractivity contribution in [2.45, 2.75) is 45.5 Å². The van der Waals surface area contributed by atoms with E-state index in [-0.39, 0.29) is 28.9 Å². The van der Waals surface area contributed by atoms with Crippen LogP contribution in [0.3, 0.4) is 0 Å². The lowest BCUT2D eigenvalue weighted by atomic mass is 10.1. The summed E-state index contributed by atoms with van der Waals surface area (Å²) in [7, 11) is 0. The van der Waals surface area contributed by atoms with Gasteiger partial charge < -0.3 is 4.74 Å². The van der Waals surface area contributed by atoms with Crippen molar-refractivity contribution in [3.8, 4) is 5.75 Å². The molecule has 0 aliphatic rings. The maximum Gasteiger partial charge on any atom is 0.387 e. The number of aryl methyl sites for hydroxylation is 2. The van der Waals surface area contributed by atoms with Crippen molar-refractivity contribution in [3.05, 3.63) is 50.6 Å². The summed E-state index contributed by atoms with van der Waals surface area (Å²) in [6.45, 7) is 4.76. The highest BCUT2D eigenvalue weighted by atomic mass is 32.2. The quantitative estimate of drug-likeness (QED) is 0.287. The minimum atomic E-state index is -2.91. The Morgan fingerprint density at radius 1 is 1.24 bits per heavy atom. The highest BCUT2D eigenvalue weighted by molar-refractivity contribution is 7.99. The number of hydrogen-bond acceptors (Lipinski definition) is 6. The molecule has 29 heavy (non-hydrogen) atoms. The number of halogens is 2. The van der Waals surface area contributed by atoms with Gasteiger partial charge in [0.05, 0.1) is 11.1 Å². The van der Waals surface area contributed by atoms with E-state index in [1.54, 1.807) is 4.57 Å². The van der Waals surface area contributed by atoms with Gasteiger partial charge in [0.1, 0.15) is 10.6 Å². The van der Waals surface area contributed by atoms with Gasteiger partial charge in [-0.2, -0.15) is 8.78 Å². The number of thioether (sulfide) groups is 1. The molecule has 2 aromatic heterocycles. The minimum Gasteiger partial charge on any atom is -0.435 e. The van der Waals surface area contributed by atoms with Crippen LogP contribution < -0.4 is 10.3 Å². The van der Waals surface area contributed by atoms with Crippen molar-refractivity contribution < 1.29 is 18.3 Å². The minimum absolute atomic E-state index is 0.00611. The lowest BCUT2D eigenvalue weighted by Gasteiger charge is -2.15. The molecule has 0 unspecified atom stereocenters. The summed E-state index contributed by atoms with van der Waals surface area (Å²) in [5.74, 6) is -0.126. The summed E-state index contributed by atoms with van der Waals surface area (Å²) < 4.78 is 30.4. The van der Waals surface area contributed by atoms with Gasteiger partial charge >= 0.3 is 6.61 Å². The SMILES string of the molecule is Cc1sc2nc(SCC(=O)c3ccc(OC(F)F)cc3)n(C(C)C)c(=O)c2c1C. The molecule has 0 atom stereocenters. The molecule has 0 bridgehead atoms. The zero-order valence-corrected chi connectivity index (χ0v) is 18.0. The Hall–Kier alpha value is -2.26. The summed E-state index contributed by atoms with van der Waals surface area (Å²) >= 11 is 2.66. The molecule has 0 aliphatic heterocycles. The van der Waals surface area contributed by atoms with E-state index < -0.39 is 6.61 Å². The molecule has 3 rings (SSSR count). The number of ketones is 1. The van der Waals surface area contributed by atoms with Gasteiger partial charge in [-0.15, -0.1) is 11.3 Å². The van der Waals surface area contributed by atoms with Gasteiger partial charge in [-0.05, 0) is 57.5 Å². The number of benzene rings is 1. The predicted octanol–water partition coefficient (Wildman–Crippen LogP) is 5.23. The number of Topliss-reactive ketones (excluding diaryl/α,β-unsaturated/α-hetero) is 1. The van der Waals surface area contributed by atoms with Crippen molar-refractivity contribution in [1.29, 1.82) is 0 Å². The van der Waals surface area contributed by atoms with Crippen LogP contribution in [0.5, 0.6) is 5.75 Å². The van der Waals surface area contributed by atoms with Crippen LogP contribution in [0.2, 0.25) is 0 Å². The van der Waals surface area contributed by atoms with Crippen molar-refractivity contribution in [2.75, 3.05) is 5.75 Å². The van der Waals surface area contributed by atoms with E-state index in [1.807, 2.05) is 27.7 Å². The first-order valence-corrected chi connectivity index (χ1v) is 10.7. The second-order valence-corrected chi connectivity index (χ2v) is 8.89. The Morgan fingerprint density at radius 2 is 1.90 bits per heavy atom. The molecule has 0 spiro atoms. The summed E-state index contributed by atoms with van der Waals surface area (Å²) in [6, 6.07) is 5.44. The number of hydrogen-bond donors (Lipinski definition) is 0. The monoisotopic (exact) mass is 438 g/mol. The van der Waals surface area contributed by atoms with Crippen LogP contribution in [0.15, 0.2) is 34.2 Å². The summed E-state index contributed by atoms with van der Waals surface area (Å²) in [4.78, 5) is 31.9. The smallest absolute Gasteiger partial charge is 0.387 e. The lowest BCUT2D eigenvalue weighted by molar-refractivity contribution is -0.0498. The zero-order valence-electron chi connectivity index (χ0n) is 16.4. The maximum atomic E-state index is 13.0. The van der Waals surface area contributed by atoms with Crippen molar-refractivity contribution >= 4 is 39.1 Å². The Bertz CT molecular complexity index is 1110. The van der Waals surface area contributed by atoms with Crippen LogP contribution in [0.4, 0.5) is 8.78 Å². The van der Waals surface area contributed by atoms with Gasteiger partial charge in [0.2, 0.25) is 0 Å². The topological polar surface area (TPSA) is 61.2 Å². The van der Waals surface area contributed by atoms with E-state index >= 15 is 0 Å². The standard InChI is InChI=1S/C20H20F2N2O3S2/c1-10(2)24-18(26)16-11(3)12(4)29-17(16)23-20(24)28-9-15(25)13-5-7-14(8-6-13)27-19(21)22/h5-8,10,19H,9H2,1-4H3. The summed E-state index contributed by atoms with van der Waals surface area (Å²) in [5.41, 5.74) is 1.22. The number of rotatable bonds is 7. The second kappa shape index (κ2) is 8.62. The molecule has 9 heteroatoms. The fourth-order valence-electron chi connectivity index (χ4n) is 2.88. The molecular weight excluding hydrogens is 418 g/mol. The van der Waals surface area contributed by atoms with Crippen LogP contribution in [0.1, 0.15) is 40.7 Å². The highest BCUT2D eigenvalue weighted by Crippen LogP contribution is 2.29. The number of alkyl halides is 2. The fraction of sp³-hybridized carbons (Fsp3) is 0.350. The van der Waals surface area contributed by atoms with Gasteiger partial charge in [-0.1, -0.05) is 11.8 Å². The first kappa shape index (κ1) is 21.4. The van der Waals surface area contributed by atoms with Gasteiger partial charge in [-0.25, -0.2) is 4.98 Å². The molecule has 154 valence electrons. The van der Waals surface area contributed by atoms with Crippen LogP contribution in [0, 0.1) is 13.8 Å². The van der Waals surface area contributed by atoms with Crippen LogP contribution in [-0.4, -0.2) is 27.7 Å². The van der Waals surface area contributed by atoms with Crippen molar-refractivity contribution in [2.24, 2.45) is 0 Å². The Labute approximate surface area is 174 Å². The van der Waals surface area contributed by atoms with Crippen molar-refractivity contribution in [3.63, 3.8) is 0 Å². The molecule has 0 radical (unpaired) electrons. The number of carbonyl (C=O) groups excluding carboxylic acids is 1. The number of thiophene rings is 1. The third kappa shape index (κ3) is 4.51. The molecule has 0 aliphatic carbocycles. The molecule has 0 saturated heterocycles. The van der Waals surface area contributed by atoms with E-state index in [0.717, 1.165) is 10.4 Å². The van der Waals surface area contributed by atoms with E-state index in [0.29, 0.717) is 20.9 Å². The third-order valence-electron chi connectivity index (χ3n) is 4.45. The first-order valence-electron chi connectivity index (χ1n) is 8.92. The summed E-state index contributed by atoms with van der Waals surface area (Å²) in [6.07, 6.45) is 0. The molecule has 0 N–H and O–H groups in total. The lowest BCUT2D eigenvalue weighted by Crippen LogP contribution is -2.25. The van der Waals surface area contributed by atoms with Crippen molar-refractivity contribution in [1.82, 2.24) is 9.55 Å². The van der Waals surface area contributed by atoms with E-state index in [1.165, 1.54) is 47.4 Å². The normalized spacial score (nSPS) is 11.6. The highest BCUT2D eigenvalue weighted by Gasteiger charge is 2.19. The number of carbonyl (C=O) groups is 1. The number of aromatic nitrogens is 2. The number of ether oxygens (including phenoxy) is 1. The van der Waals surface area contributed by atoms with Gasteiger partial charge in [-0.3, -0.25) is 14.2 Å². The first-order chi connectivity index (χ1) is 13.7. The van der Waals surface area contributed by atoms with Crippen LogP contribution in [-0.2, 0) is 0 Å². The molecule has 0 fully saturated rings. The van der Waals surface area contributed by atoms with Gasteiger partial charge in [0.25, 0.3) is 5.56 Å². The molecule has 0 saturated carbocycles. The van der Waals surface area contributed by atoms with Crippen LogP contribution in [0.25, 0.3) is 10.2 Å². The molecule has 3 aromatic rings. The molecule has 1 aromatic carbocycles. The molecular formula is C20H20F2N2O3S2. The Morgan fingerprint density at radius 3 is 2.48 bits per heavy atom. The predicted molar refractivity (Wildman–Crippen MR) is 112 cm³/mol. The van der Waals surface area contributed by atoms with Gasteiger partial charge in [0, 0.05) is 16.5 Å². The second-order valence-electron chi connectivity index (χ2n) is 6.74. The van der Waals surface area contributed by atoms with Crippen LogP contribution >= 0.6 is 23.1 Å². The third-order valence-corrected chi connectivity index (χ3v) is 6.51. The number of fused-ring (bicyclic) bond motifs is 1. The fourth-order valence-corrected chi connectivity index (χ4v) is 4.97. The average Bonchev–Trinajstić information content (AvgIpc) is 2.93. The Kier molecular flexibility index (Phi) is 6.38. The number of nitrogens with zero attached hydrogens (tertiary/aromatic N) is 2. The molecule has 0 amide bonds. The molecule has 2 heterocycles. The Balaban J connectivity index is 1.85. The largest absolute Gasteiger partial charge is 0.435 e. The van der Waals surface area contributed by atoms with Gasteiger partial charge in [0.15, 0.2) is 10.9 Å². The maximum absolute atomic E-state index is 13.0. The van der Waals surface area contributed by atoms with E-state index in [2.05, 4.69) is 9.72 Å². The van der Waals surface area contributed by atoms with E-state index in [9.17, 15) is 18.4 Å².